The molecule has 0 spiro atoms. The molecule has 0 aliphatic heterocycles. The van der Waals surface area contributed by atoms with Gasteiger partial charge in [0.15, 0.2) is 5.76 Å². The van der Waals surface area contributed by atoms with Crippen LogP contribution in [0.1, 0.15) is 34.6 Å². The fourth-order valence-corrected chi connectivity index (χ4v) is 2.46. The van der Waals surface area contributed by atoms with Gasteiger partial charge in [-0.15, -0.1) is 0 Å². The van der Waals surface area contributed by atoms with E-state index in [9.17, 15) is 9.59 Å². The molecule has 7 nitrogen and oxygen atoms in total. The highest BCUT2D eigenvalue weighted by Crippen LogP contribution is 2.12. The van der Waals surface area contributed by atoms with Gasteiger partial charge >= 0.3 is 5.97 Å². The monoisotopic (exact) mass is 351 g/mol. The Hall–Kier alpha value is -2.22. The summed E-state index contributed by atoms with van der Waals surface area (Å²) in [6, 6.07) is 4.43. The number of aryl methyl sites for hydroxylation is 2. The second-order valence-corrected chi connectivity index (χ2v) is 5.68. The van der Waals surface area contributed by atoms with E-state index >= 15 is 0 Å². The first-order valence-electron chi connectivity index (χ1n) is 7.62. The maximum Gasteiger partial charge on any atom is 0.329 e. The fourth-order valence-electron chi connectivity index (χ4n) is 2.22. The third-order valence-electron chi connectivity index (χ3n) is 3.35. The van der Waals surface area contributed by atoms with E-state index in [0.29, 0.717) is 12.3 Å². The molecule has 0 aromatic carbocycles. The molecular weight excluding hydrogens is 330 g/mol. The second kappa shape index (κ2) is 8.05. The maximum atomic E-state index is 12.2. The lowest BCUT2D eigenvalue weighted by atomic mass is 10.3. The Balaban J connectivity index is 2.02. The van der Waals surface area contributed by atoms with E-state index in [-0.39, 0.29) is 18.1 Å². The van der Waals surface area contributed by atoms with Crippen molar-refractivity contribution in [2.45, 2.75) is 33.4 Å². The van der Waals surface area contributed by atoms with Crippen LogP contribution in [0.4, 0.5) is 0 Å². The topological polar surface area (TPSA) is 86.4 Å². The number of hydrogen-bond acceptors (Lipinski definition) is 6. The Morgan fingerprint density at radius 1 is 1.42 bits per heavy atom. The van der Waals surface area contributed by atoms with Crippen LogP contribution in [0.5, 0.6) is 0 Å². The van der Waals surface area contributed by atoms with Gasteiger partial charge in [0.05, 0.1) is 18.8 Å². The predicted molar refractivity (Wildman–Crippen MR) is 91.3 cm³/mol. The first-order valence-corrected chi connectivity index (χ1v) is 8.26. The molecule has 0 saturated carbocycles. The minimum atomic E-state index is -0.814. The lowest BCUT2D eigenvalue weighted by Gasteiger charge is -2.13. The summed E-state index contributed by atoms with van der Waals surface area (Å²) in [6.07, 6.45) is 0. The Labute approximate surface area is 145 Å². The molecular formula is C16H21N3O4S. The number of carbonyl (C=O) groups is 2. The minimum Gasteiger partial charge on any atom is -0.464 e. The number of furan rings is 1. The molecule has 2 heterocycles. The molecule has 1 atom stereocenters. The first-order chi connectivity index (χ1) is 11.4. The number of amides is 1. The van der Waals surface area contributed by atoms with Gasteiger partial charge in [-0.25, -0.2) is 4.79 Å². The van der Waals surface area contributed by atoms with Crippen LogP contribution in [-0.2, 0) is 16.1 Å². The van der Waals surface area contributed by atoms with Crippen LogP contribution in [-0.4, -0.2) is 40.1 Å². The number of aromatic nitrogens is 2. The van der Waals surface area contributed by atoms with E-state index in [4.69, 9.17) is 9.15 Å². The molecule has 0 bridgehead atoms. The lowest BCUT2D eigenvalue weighted by Crippen LogP contribution is -2.43. The molecule has 0 unspecified atom stereocenters. The van der Waals surface area contributed by atoms with Crippen LogP contribution in [0.3, 0.4) is 0 Å². The summed E-state index contributed by atoms with van der Waals surface area (Å²) in [5.41, 5.74) is 1.93. The zero-order chi connectivity index (χ0) is 17.7. The highest BCUT2D eigenvalue weighted by molar-refractivity contribution is 7.80. The van der Waals surface area contributed by atoms with Crippen molar-refractivity contribution in [2.24, 2.45) is 0 Å². The summed E-state index contributed by atoms with van der Waals surface area (Å²) in [6.45, 7) is 6.24. The fraction of sp³-hybridized carbons (Fsp3) is 0.438. The van der Waals surface area contributed by atoms with Crippen LogP contribution in [0.2, 0.25) is 0 Å². The summed E-state index contributed by atoms with van der Waals surface area (Å²) in [4.78, 5) is 23.9. The molecule has 0 fully saturated rings. The van der Waals surface area contributed by atoms with Crippen molar-refractivity contribution >= 4 is 24.5 Å². The van der Waals surface area contributed by atoms with Crippen LogP contribution < -0.4 is 5.32 Å². The molecule has 2 aromatic rings. The van der Waals surface area contributed by atoms with Gasteiger partial charge in [0.1, 0.15) is 11.8 Å². The SMILES string of the molecule is CCOC(=O)[C@H](CS)NC(=O)c1ccc(Cn2nc(C)cc2C)o1. The first kappa shape index (κ1) is 18.1. The molecule has 8 heteroatoms. The van der Waals surface area contributed by atoms with E-state index < -0.39 is 17.9 Å². The number of esters is 1. The summed E-state index contributed by atoms with van der Waals surface area (Å²) in [7, 11) is 0. The lowest BCUT2D eigenvalue weighted by molar-refractivity contribution is -0.144. The standard InChI is InChI=1S/C16H21N3O4S/c1-4-22-16(21)13(9-24)17-15(20)14-6-5-12(23-14)8-19-11(3)7-10(2)18-19/h5-7,13,24H,4,8-9H2,1-3H3,(H,17,20)/t13-/m0/s1. The molecule has 130 valence electrons. The Kier molecular flexibility index (Phi) is 6.08. The molecule has 24 heavy (non-hydrogen) atoms. The van der Waals surface area contributed by atoms with Crippen LogP contribution in [0.15, 0.2) is 22.6 Å². The van der Waals surface area contributed by atoms with Crippen LogP contribution in [0.25, 0.3) is 0 Å². The molecule has 0 saturated heterocycles. The second-order valence-electron chi connectivity index (χ2n) is 5.31. The number of thiol groups is 1. The molecule has 1 amide bonds. The highest BCUT2D eigenvalue weighted by atomic mass is 32.1. The summed E-state index contributed by atoms with van der Waals surface area (Å²) in [5.74, 6) is -0.131. The van der Waals surface area contributed by atoms with E-state index in [1.807, 2.05) is 19.9 Å². The van der Waals surface area contributed by atoms with E-state index in [0.717, 1.165) is 11.4 Å². The Morgan fingerprint density at radius 2 is 2.17 bits per heavy atom. The van der Waals surface area contributed by atoms with Gasteiger partial charge in [-0.1, -0.05) is 0 Å². The third kappa shape index (κ3) is 4.41. The molecule has 0 aliphatic carbocycles. The van der Waals surface area contributed by atoms with Gasteiger partial charge in [-0.2, -0.15) is 17.7 Å². The summed E-state index contributed by atoms with van der Waals surface area (Å²) in [5, 5.41) is 6.90. The number of nitrogens with zero attached hydrogens (tertiary/aromatic N) is 2. The molecule has 1 N–H and O–H groups in total. The van der Waals surface area contributed by atoms with Crippen molar-refractivity contribution in [3.8, 4) is 0 Å². The van der Waals surface area contributed by atoms with Gasteiger partial charge in [-0.05, 0) is 39.0 Å². The van der Waals surface area contributed by atoms with Crippen molar-refractivity contribution in [1.29, 1.82) is 0 Å². The summed E-state index contributed by atoms with van der Waals surface area (Å²) >= 11 is 4.06. The molecule has 2 aromatic heterocycles. The number of nitrogens with one attached hydrogen (secondary N) is 1. The average molecular weight is 351 g/mol. The number of rotatable bonds is 7. The van der Waals surface area contributed by atoms with Gasteiger partial charge in [0.25, 0.3) is 5.91 Å². The van der Waals surface area contributed by atoms with E-state index in [1.54, 1.807) is 23.7 Å². The zero-order valence-corrected chi connectivity index (χ0v) is 14.8. The Bertz CT molecular complexity index is 723. The van der Waals surface area contributed by atoms with E-state index in [1.165, 1.54) is 0 Å². The maximum absolute atomic E-state index is 12.2. The molecule has 0 aliphatic rings. The zero-order valence-electron chi connectivity index (χ0n) is 13.9. The van der Waals surface area contributed by atoms with E-state index in [2.05, 4.69) is 23.0 Å². The number of carbonyl (C=O) groups excluding carboxylic acids is 2. The number of ether oxygens (including phenoxy) is 1. The predicted octanol–water partition coefficient (Wildman–Crippen LogP) is 1.73. The summed E-state index contributed by atoms with van der Waals surface area (Å²) < 4.78 is 12.2. The van der Waals surface area contributed by atoms with Crippen molar-refractivity contribution in [2.75, 3.05) is 12.4 Å². The van der Waals surface area contributed by atoms with Crippen molar-refractivity contribution in [3.05, 3.63) is 41.1 Å². The minimum absolute atomic E-state index is 0.127. The third-order valence-corrected chi connectivity index (χ3v) is 3.72. The number of hydrogen-bond donors (Lipinski definition) is 2. The van der Waals surface area contributed by atoms with Gasteiger partial charge in [0, 0.05) is 11.4 Å². The smallest absolute Gasteiger partial charge is 0.329 e. The average Bonchev–Trinajstić information content (AvgIpc) is 3.12. The highest BCUT2D eigenvalue weighted by Gasteiger charge is 2.22. The van der Waals surface area contributed by atoms with Gasteiger partial charge in [-0.3, -0.25) is 9.48 Å². The quantitative estimate of drug-likeness (QED) is 0.586. The van der Waals surface area contributed by atoms with Crippen molar-refractivity contribution < 1.29 is 18.7 Å². The Morgan fingerprint density at radius 3 is 2.75 bits per heavy atom. The molecule has 2 rings (SSSR count). The molecule has 0 radical (unpaired) electrons. The van der Waals surface area contributed by atoms with Gasteiger partial charge in [0.2, 0.25) is 0 Å². The normalized spacial score (nSPS) is 12.0. The van der Waals surface area contributed by atoms with Crippen molar-refractivity contribution in [1.82, 2.24) is 15.1 Å². The van der Waals surface area contributed by atoms with Crippen LogP contribution in [0, 0.1) is 13.8 Å². The van der Waals surface area contributed by atoms with Crippen LogP contribution >= 0.6 is 12.6 Å². The van der Waals surface area contributed by atoms with Crippen molar-refractivity contribution in [3.63, 3.8) is 0 Å². The van der Waals surface area contributed by atoms with Gasteiger partial charge < -0.3 is 14.5 Å². The largest absolute Gasteiger partial charge is 0.464 e.